The van der Waals surface area contributed by atoms with Crippen molar-refractivity contribution in [1.82, 2.24) is 9.80 Å². The number of carbonyl (C=O) groups is 3. The number of piperidine rings is 1. The summed E-state index contributed by atoms with van der Waals surface area (Å²) in [5.41, 5.74) is -0.719. The molecule has 13 heteroatoms. The standard InChI is InChI=1S/C23H20N4O8S/c28-21(24-10-4-1-5-11-24)14-25-22(29)20(36-23(25)30)12-15-6-2-3-7-18(15)35-19-9-8-16(26(31)32)13-17(19)27(33)34/h2-3,6-9,12-13H,1,4-5,10-11,14H2/b20-12+. The second kappa shape index (κ2) is 10.6. The fourth-order valence-electron chi connectivity index (χ4n) is 3.82. The van der Waals surface area contributed by atoms with Crippen LogP contribution in [0.25, 0.3) is 6.08 Å². The lowest BCUT2D eigenvalue weighted by Gasteiger charge is -2.27. The molecule has 186 valence electrons. The van der Waals surface area contributed by atoms with Crippen molar-refractivity contribution in [3.8, 4) is 11.5 Å². The Morgan fingerprint density at radius 1 is 1.00 bits per heavy atom. The predicted molar refractivity (Wildman–Crippen MR) is 129 cm³/mol. The number of nitro groups is 2. The highest BCUT2D eigenvalue weighted by Crippen LogP contribution is 2.38. The van der Waals surface area contributed by atoms with Gasteiger partial charge in [0.15, 0.2) is 0 Å². The summed E-state index contributed by atoms with van der Waals surface area (Å²) in [6.45, 7) is 0.865. The number of thioether (sulfide) groups is 1. The highest BCUT2D eigenvalue weighted by Gasteiger charge is 2.37. The van der Waals surface area contributed by atoms with Gasteiger partial charge in [0.1, 0.15) is 12.3 Å². The van der Waals surface area contributed by atoms with Crippen molar-refractivity contribution in [1.29, 1.82) is 0 Å². The number of hydrogen-bond donors (Lipinski definition) is 0. The average Bonchev–Trinajstić information content (AvgIpc) is 3.13. The highest BCUT2D eigenvalue weighted by atomic mass is 32.2. The van der Waals surface area contributed by atoms with E-state index in [1.807, 2.05) is 0 Å². The summed E-state index contributed by atoms with van der Waals surface area (Å²) in [4.78, 5) is 61.4. The number of rotatable bonds is 7. The maximum absolute atomic E-state index is 12.9. The van der Waals surface area contributed by atoms with E-state index in [-0.39, 0.29) is 28.9 Å². The highest BCUT2D eigenvalue weighted by molar-refractivity contribution is 8.18. The summed E-state index contributed by atoms with van der Waals surface area (Å²) in [6.07, 6.45) is 4.22. The first-order chi connectivity index (χ1) is 17.2. The Kier molecular flexibility index (Phi) is 7.29. The van der Waals surface area contributed by atoms with Crippen LogP contribution in [0.4, 0.5) is 16.2 Å². The minimum Gasteiger partial charge on any atom is -0.449 e. The first kappa shape index (κ1) is 24.9. The zero-order chi connectivity index (χ0) is 25.8. The van der Waals surface area contributed by atoms with Crippen molar-refractivity contribution in [2.24, 2.45) is 0 Å². The van der Waals surface area contributed by atoms with Gasteiger partial charge in [-0.1, -0.05) is 18.2 Å². The molecule has 36 heavy (non-hydrogen) atoms. The molecular weight excluding hydrogens is 492 g/mol. The van der Waals surface area contributed by atoms with Crippen molar-refractivity contribution in [2.75, 3.05) is 19.6 Å². The Balaban J connectivity index is 1.56. The number of nitro benzene ring substituents is 2. The quantitative estimate of drug-likeness (QED) is 0.299. The van der Waals surface area contributed by atoms with E-state index >= 15 is 0 Å². The van der Waals surface area contributed by atoms with E-state index in [1.165, 1.54) is 12.1 Å². The molecule has 2 heterocycles. The van der Waals surface area contributed by atoms with Crippen LogP contribution in [-0.4, -0.2) is 56.3 Å². The molecule has 3 amide bonds. The molecule has 2 aromatic carbocycles. The van der Waals surface area contributed by atoms with Crippen molar-refractivity contribution in [3.05, 3.63) is 73.2 Å². The van der Waals surface area contributed by atoms with Gasteiger partial charge in [0, 0.05) is 24.7 Å². The number of ether oxygens (including phenoxy) is 1. The SMILES string of the molecule is O=C(CN1C(=O)S/C(=C/c2ccccc2Oc2ccc([N+](=O)[O-])cc2[N+](=O)[O-])C1=O)N1CCCCC1. The summed E-state index contributed by atoms with van der Waals surface area (Å²) in [7, 11) is 0. The zero-order valence-electron chi connectivity index (χ0n) is 18.8. The molecular formula is C23H20N4O8S. The van der Waals surface area contributed by atoms with E-state index in [2.05, 4.69) is 0 Å². The van der Waals surface area contributed by atoms with Gasteiger partial charge >= 0.3 is 5.69 Å². The summed E-state index contributed by atoms with van der Waals surface area (Å²) in [6, 6.07) is 9.33. The number of nitrogens with zero attached hydrogens (tertiary/aromatic N) is 4. The lowest BCUT2D eigenvalue weighted by molar-refractivity contribution is -0.394. The molecule has 2 fully saturated rings. The van der Waals surface area contributed by atoms with Crippen LogP contribution < -0.4 is 4.74 Å². The van der Waals surface area contributed by atoms with E-state index in [0.717, 1.165) is 42.4 Å². The predicted octanol–water partition coefficient (Wildman–Crippen LogP) is 4.34. The van der Waals surface area contributed by atoms with Gasteiger partial charge < -0.3 is 9.64 Å². The first-order valence-corrected chi connectivity index (χ1v) is 11.8. The molecule has 2 aliphatic rings. The molecule has 2 aliphatic heterocycles. The number of carbonyl (C=O) groups excluding carboxylic acids is 3. The van der Waals surface area contributed by atoms with Crippen molar-refractivity contribution in [3.63, 3.8) is 0 Å². The van der Waals surface area contributed by atoms with Gasteiger partial charge in [-0.05, 0) is 49.2 Å². The molecule has 0 unspecified atom stereocenters. The number of benzene rings is 2. The molecule has 0 N–H and O–H groups in total. The van der Waals surface area contributed by atoms with E-state index in [9.17, 15) is 34.6 Å². The second-order valence-corrected chi connectivity index (χ2v) is 9.01. The Bertz CT molecular complexity index is 1290. The zero-order valence-corrected chi connectivity index (χ0v) is 19.6. The minimum absolute atomic E-state index is 0.0701. The normalized spacial score (nSPS) is 16.9. The first-order valence-electron chi connectivity index (χ1n) is 11.0. The number of amides is 3. The maximum Gasteiger partial charge on any atom is 0.318 e. The van der Waals surface area contributed by atoms with E-state index < -0.39 is 32.4 Å². The number of non-ortho nitro benzene ring substituents is 1. The van der Waals surface area contributed by atoms with Gasteiger partial charge in [0.05, 0.1) is 20.8 Å². The van der Waals surface area contributed by atoms with Crippen LogP contribution in [0.1, 0.15) is 24.8 Å². The third-order valence-electron chi connectivity index (χ3n) is 5.65. The lowest BCUT2D eigenvalue weighted by atomic mass is 10.1. The van der Waals surface area contributed by atoms with Crippen LogP contribution in [0, 0.1) is 20.2 Å². The summed E-state index contributed by atoms with van der Waals surface area (Å²) >= 11 is 0.683. The summed E-state index contributed by atoms with van der Waals surface area (Å²) in [5, 5.41) is 21.8. The Labute approximate surface area is 208 Å². The van der Waals surface area contributed by atoms with Crippen LogP contribution >= 0.6 is 11.8 Å². The van der Waals surface area contributed by atoms with Gasteiger partial charge in [-0.15, -0.1) is 0 Å². The van der Waals surface area contributed by atoms with Crippen LogP contribution in [0.2, 0.25) is 0 Å². The van der Waals surface area contributed by atoms with Crippen molar-refractivity contribution >= 4 is 46.3 Å². The molecule has 4 rings (SSSR count). The average molecular weight is 513 g/mol. The van der Waals surface area contributed by atoms with Crippen LogP contribution in [0.3, 0.4) is 0 Å². The van der Waals surface area contributed by atoms with Gasteiger partial charge in [-0.2, -0.15) is 0 Å². The van der Waals surface area contributed by atoms with Crippen molar-refractivity contribution < 1.29 is 29.0 Å². The third-order valence-corrected chi connectivity index (χ3v) is 6.56. The Hall–Kier alpha value is -4.26. The molecule has 2 saturated heterocycles. The van der Waals surface area contributed by atoms with Gasteiger partial charge in [0.2, 0.25) is 11.7 Å². The topological polar surface area (TPSA) is 153 Å². The Morgan fingerprint density at radius 3 is 2.42 bits per heavy atom. The number of para-hydroxylation sites is 1. The fourth-order valence-corrected chi connectivity index (χ4v) is 4.64. The fraction of sp³-hybridized carbons (Fsp3) is 0.261. The van der Waals surface area contributed by atoms with Crippen LogP contribution in [0.5, 0.6) is 11.5 Å². The summed E-state index contributed by atoms with van der Waals surface area (Å²) < 4.78 is 5.69. The second-order valence-electron chi connectivity index (χ2n) is 8.02. The third kappa shape index (κ3) is 5.35. The smallest absolute Gasteiger partial charge is 0.318 e. The minimum atomic E-state index is -0.796. The molecule has 2 aromatic rings. The molecule has 0 aromatic heterocycles. The molecule has 0 atom stereocenters. The molecule has 12 nitrogen and oxygen atoms in total. The lowest BCUT2D eigenvalue weighted by Crippen LogP contribution is -2.44. The van der Waals surface area contributed by atoms with E-state index in [0.29, 0.717) is 30.4 Å². The van der Waals surface area contributed by atoms with Crippen LogP contribution in [0.15, 0.2) is 47.4 Å². The number of likely N-dealkylation sites (tertiary alicyclic amines) is 1. The van der Waals surface area contributed by atoms with Gasteiger partial charge in [-0.25, -0.2) is 0 Å². The van der Waals surface area contributed by atoms with Gasteiger partial charge in [-0.3, -0.25) is 39.5 Å². The summed E-state index contributed by atoms with van der Waals surface area (Å²) in [5.74, 6) is -1.00. The molecule has 0 radical (unpaired) electrons. The molecule has 0 saturated carbocycles. The van der Waals surface area contributed by atoms with Crippen molar-refractivity contribution in [2.45, 2.75) is 19.3 Å². The largest absolute Gasteiger partial charge is 0.449 e. The molecule has 0 aliphatic carbocycles. The maximum atomic E-state index is 12.9. The van der Waals surface area contributed by atoms with E-state index in [4.69, 9.17) is 4.74 Å². The van der Waals surface area contributed by atoms with E-state index in [1.54, 1.807) is 23.1 Å². The number of hydrogen-bond acceptors (Lipinski definition) is 9. The Morgan fingerprint density at radius 2 is 1.72 bits per heavy atom. The van der Waals surface area contributed by atoms with Crippen LogP contribution in [-0.2, 0) is 9.59 Å². The van der Waals surface area contributed by atoms with Gasteiger partial charge in [0.25, 0.3) is 16.8 Å². The molecule has 0 bridgehead atoms. The molecule has 0 spiro atoms. The monoisotopic (exact) mass is 512 g/mol. The number of imide groups is 1.